The lowest BCUT2D eigenvalue weighted by Crippen LogP contribution is -2.36. The van der Waals surface area contributed by atoms with Crippen LogP contribution >= 0.6 is 11.6 Å². The van der Waals surface area contributed by atoms with Gasteiger partial charge in [0.15, 0.2) is 11.5 Å². The summed E-state index contributed by atoms with van der Waals surface area (Å²) in [4.78, 5) is 0. The molecule has 2 aromatic carbocycles. The number of halogens is 1. The van der Waals surface area contributed by atoms with Crippen molar-refractivity contribution in [2.75, 3.05) is 25.1 Å². The molecule has 2 heterocycles. The van der Waals surface area contributed by atoms with E-state index in [1.807, 2.05) is 19.9 Å². The summed E-state index contributed by atoms with van der Waals surface area (Å²) < 4.78 is 17.8. The first kappa shape index (κ1) is 19.4. The van der Waals surface area contributed by atoms with Gasteiger partial charge in [0.1, 0.15) is 0 Å². The molecule has 2 aliphatic rings. The summed E-state index contributed by atoms with van der Waals surface area (Å²) in [6, 6.07) is 10.8. The van der Waals surface area contributed by atoms with Crippen LogP contribution in [0.5, 0.6) is 11.5 Å². The van der Waals surface area contributed by atoms with Crippen molar-refractivity contribution in [2.24, 2.45) is 5.92 Å². The fraction of sp³-hybridized carbons (Fsp3) is 0.478. The van der Waals surface area contributed by atoms with E-state index < -0.39 is 0 Å². The summed E-state index contributed by atoms with van der Waals surface area (Å²) in [5.41, 5.74) is 4.78. The first-order valence-corrected chi connectivity index (χ1v) is 10.6. The Balaban J connectivity index is 1.76. The second-order valence-electron chi connectivity index (χ2n) is 7.51. The summed E-state index contributed by atoms with van der Waals surface area (Å²) in [5.74, 6) is 1.68. The van der Waals surface area contributed by atoms with Gasteiger partial charge in [-0.3, -0.25) is 0 Å². The number of aryl methyl sites for hydroxylation is 1. The Morgan fingerprint density at radius 3 is 2.75 bits per heavy atom. The van der Waals surface area contributed by atoms with Gasteiger partial charge < -0.3 is 19.5 Å². The van der Waals surface area contributed by atoms with Crippen LogP contribution in [0.3, 0.4) is 0 Å². The molecule has 0 bridgehead atoms. The zero-order chi connectivity index (χ0) is 19.7. The fourth-order valence-electron chi connectivity index (χ4n) is 4.44. The van der Waals surface area contributed by atoms with Crippen LogP contribution in [-0.4, -0.2) is 19.8 Å². The van der Waals surface area contributed by atoms with Crippen LogP contribution in [0, 0.1) is 12.8 Å². The molecule has 1 fully saturated rings. The highest BCUT2D eigenvalue weighted by Gasteiger charge is 2.40. The largest absolute Gasteiger partial charge is 0.490 e. The Morgan fingerprint density at radius 1 is 1.14 bits per heavy atom. The predicted molar refractivity (Wildman–Crippen MR) is 113 cm³/mol. The Labute approximate surface area is 172 Å². The second kappa shape index (κ2) is 8.22. The van der Waals surface area contributed by atoms with E-state index in [2.05, 4.69) is 36.5 Å². The lowest BCUT2D eigenvalue weighted by molar-refractivity contribution is -0.0381. The van der Waals surface area contributed by atoms with Crippen LogP contribution in [0.4, 0.5) is 5.69 Å². The Hall–Kier alpha value is -1.91. The molecule has 0 aliphatic carbocycles. The minimum Gasteiger partial charge on any atom is -0.490 e. The van der Waals surface area contributed by atoms with Gasteiger partial charge in [-0.15, -0.1) is 0 Å². The third kappa shape index (κ3) is 3.56. The van der Waals surface area contributed by atoms with Crippen molar-refractivity contribution < 1.29 is 14.2 Å². The molecule has 1 N–H and O–H groups in total. The highest BCUT2D eigenvalue weighted by molar-refractivity contribution is 6.32. The summed E-state index contributed by atoms with van der Waals surface area (Å²) >= 11 is 6.60. The molecule has 3 atom stereocenters. The van der Waals surface area contributed by atoms with Crippen molar-refractivity contribution in [1.29, 1.82) is 0 Å². The zero-order valence-electron chi connectivity index (χ0n) is 16.8. The molecule has 0 spiro atoms. The van der Waals surface area contributed by atoms with Crippen LogP contribution in [0.1, 0.15) is 55.5 Å². The van der Waals surface area contributed by atoms with E-state index in [9.17, 15) is 0 Å². The maximum absolute atomic E-state index is 6.60. The van der Waals surface area contributed by atoms with Crippen LogP contribution in [0.25, 0.3) is 0 Å². The van der Waals surface area contributed by atoms with Gasteiger partial charge in [-0.2, -0.15) is 0 Å². The SMILES string of the molecule is CCOc1cc([C@H]2Nc3ccc(C)cc3[C@H]3OCCC[C@@H]23)cc(Cl)c1OCC. The molecule has 2 aromatic rings. The van der Waals surface area contributed by atoms with E-state index in [-0.39, 0.29) is 12.1 Å². The second-order valence-corrected chi connectivity index (χ2v) is 7.91. The van der Waals surface area contributed by atoms with Crippen LogP contribution in [0.2, 0.25) is 5.02 Å². The number of nitrogens with one attached hydrogen (secondary N) is 1. The predicted octanol–water partition coefficient (Wildman–Crippen LogP) is 6.08. The Kier molecular flexibility index (Phi) is 5.70. The summed E-state index contributed by atoms with van der Waals surface area (Å²) in [6.07, 6.45) is 2.30. The quantitative estimate of drug-likeness (QED) is 0.658. The molecule has 5 heteroatoms. The molecule has 4 nitrogen and oxygen atoms in total. The van der Waals surface area contributed by atoms with E-state index in [1.165, 1.54) is 11.1 Å². The molecule has 150 valence electrons. The normalized spacial score (nSPS) is 23.4. The van der Waals surface area contributed by atoms with Crippen molar-refractivity contribution in [3.05, 3.63) is 52.0 Å². The highest BCUT2D eigenvalue weighted by atomic mass is 35.5. The number of benzene rings is 2. The van der Waals surface area contributed by atoms with Gasteiger partial charge >= 0.3 is 0 Å². The molecule has 0 amide bonds. The zero-order valence-corrected chi connectivity index (χ0v) is 17.5. The molecule has 0 radical (unpaired) electrons. The van der Waals surface area contributed by atoms with Crippen LogP contribution < -0.4 is 14.8 Å². The minimum absolute atomic E-state index is 0.107. The fourth-order valence-corrected chi connectivity index (χ4v) is 4.71. The number of fused-ring (bicyclic) bond motifs is 3. The van der Waals surface area contributed by atoms with Crippen molar-refractivity contribution in [1.82, 2.24) is 0 Å². The van der Waals surface area contributed by atoms with E-state index in [1.54, 1.807) is 0 Å². The maximum Gasteiger partial charge on any atom is 0.179 e. The molecule has 0 saturated carbocycles. The number of rotatable bonds is 5. The number of hydrogen-bond acceptors (Lipinski definition) is 4. The number of ether oxygens (including phenoxy) is 3. The third-order valence-corrected chi connectivity index (χ3v) is 5.88. The van der Waals surface area contributed by atoms with Crippen molar-refractivity contribution >= 4 is 17.3 Å². The molecule has 28 heavy (non-hydrogen) atoms. The van der Waals surface area contributed by atoms with E-state index in [0.717, 1.165) is 30.7 Å². The lowest BCUT2D eigenvalue weighted by atomic mass is 9.77. The van der Waals surface area contributed by atoms with E-state index >= 15 is 0 Å². The average molecular weight is 402 g/mol. The highest BCUT2D eigenvalue weighted by Crippen LogP contribution is 2.50. The minimum atomic E-state index is 0.107. The average Bonchev–Trinajstić information content (AvgIpc) is 2.70. The summed E-state index contributed by atoms with van der Waals surface area (Å²) in [7, 11) is 0. The summed E-state index contributed by atoms with van der Waals surface area (Å²) in [6.45, 7) is 7.98. The standard InChI is InChI=1S/C23H28ClNO3/c1-4-26-20-13-15(12-18(24)23(20)27-5-2)21-16-7-6-10-28-22(16)17-11-14(3)8-9-19(17)25-21/h8-9,11-13,16,21-22,25H,4-7,10H2,1-3H3/t16-,21+,22-/m0/s1. The molecular weight excluding hydrogens is 374 g/mol. The molecular formula is C23H28ClNO3. The monoisotopic (exact) mass is 401 g/mol. The molecule has 0 unspecified atom stereocenters. The van der Waals surface area contributed by atoms with Gasteiger partial charge in [0.2, 0.25) is 0 Å². The molecule has 2 aliphatic heterocycles. The van der Waals surface area contributed by atoms with Gasteiger partial charge in [0.05, 0.1) is 30.4 Å². The van der Waals surface area contributed by atoms with Crippen molar-refractivity contribution in [3.8, 4) is 11.5 Å². The molecule has 0 aromatic heterocycles. The van der Waals surface area contributed by atoms with E-state index in [4.69, 9.17) is 25.8 Å². The third-order valence-electron chi connectivity index (χ3n) is 5.60. The van der Waals surface area contributed by atoms with Gasteiger partial charge in [-0.25, -0.2) is 0 Å². The van der Waals surface area contributed by atoms with E-state index in [0.29, 0.717) is 35.7 Å². The smallest absolute Gasteiger partial charge is 0.179 e. The van der Waals surface area contributed by atoms with Crippen LogP contribution in [-0.2, 0) is 4.74 Å². The first-order valence-electron chi connectivity index (χ1n) is 10.2. The van der Waals surface area contributed by atoms with Crippen LogP contribution in [0.15, 0.2) is 30.3 Å². The lowest BCUT2D eigenvalue weighted by Gasteiger charge is -2.43. The Bertz CT molecular complexity index is 854. The number of anilines is 1. The van der Waals surface area contributed by atoms with Gasteiger partial charge in [0.25, 0.3) is 0 Å². The van der Waals surface area contributed by atoms with Gasteiger partial charge in [-0.05, 0) is 57.4 Å². The number of hydrogen-bond donors (Lipinski definition) is 1. The first-order chi connectivity index (χ1) is 13.6. The molecule has 1 saturated heterocycles. The summed E-state index contributed by atoms with van der Waals surface area (Å²) in [5, 5.41) is 4.34. The Morgan fingerprint density at radius 2 is 1.96 bits per heavy atom. The van der Waals surface area contributed by atoms with Crippen molar-refractivity contribution in [3.63, 3.8) is 0 Å². The topological polar surface area (TPSA) is 39.7 Å². The van der Waals surface area contributed by atoms with Crippen molar-refractivity contribution in [2.45, 2.75) is 45.8 Å². The van der Waals surface area contributed by atoms with Gasteiger partial charge in [0, 0.05) is 23.8 Å². The van der Waals surface area contributed by atoms with Gasteiger partial charge in [-0.1, -0.05) is 29.3 Å². The molecule has 4 rings (SSSR count). The maximum atomic E-state index is 6.60.